The van der Waals surface area contributed by atoms with Crippen LogP contribution in [0, 0.1) is 13.8 Å². The van der Waals surface area contributed by atoms with Gasteiger partial charge in [0, 0.05) is 40.0 Å². The maximum Gasteiger partial charge on any atom is 0.372 e. The summed E-state index contributed by atoms with van der Waals surface area (Å²) in [6.07, 6.45) is 0. The van der Waals surface area contributed by atoms with Crippen molar-refractivity contribution >= 4 is 77.9 Å². The average molecular weight is 601 g/mol. The number of halogens is 4. The fraction of sp³-hybridized carbons (Fsp3) is 0.308. The Morgan fingerprint density at radius 2 is 0.842 bits per heavy atom. The van der Waals surface area contributed by atoms with Gasteiger partial charge >= 0.3 is 11.8 Å². The molecule has 6 rings (SSSR count). The molecule has 4 aromatic heterocycles. The first kappa shape index (κ1) is 28.5. The van der Waals surface area contributed by atoms with Gasteiger partial charge in [-0.1, -0.05) is 27.7 Å². The van der Waals surface area contributed by atoms with E-state index in [9.17, 15) is 36.7 Å². The lowest BCUT2D eigenvalue weighted by atomic mass is 10.1. The summed E-state index contributed by atoms with van der Waals surface area (Å²) >= 11 is 4.42. The van der Waals surface area contributed by atoms with Gasteiger partial charge in [0.25, 0.3) is 11.6 Å². The monoisotopic (exact) mass is 600 g/mol. The number of hydrogen-bond donors (Lipinski definition) is 0. The molecular weight excluding hydrogens is 581 g/mol. The third kappa shape index (κ3) is 3.71. The van der Waals surface area contributed by atoms with Gasteiger partial charge in [-0.05, 0) is 37.1 Å². The zero-order chi connectivity index (χ0) is 28.5. The molecule has 4 heterocycles. The lowest BCUT2D eigenvalue weighted by Gasteiger charge is -2.05. The second-order valence-electron chi connectivity index (χ2n) is 7.94. The summed E-state index contributed by atoms with van der Waals surface area (Å²) in [5.74, 6) is -13.9. The van der Waals surface area contributed by atoms with Crippen LogP contribution in [0.15, 0.2) is 12.1 Å². The predicted octanol–water partition coefficient (Wildman–Crippen LogP) is 9.12. The van der Waals surface area contributed by atoms with Crippen molar-refractivity contribution < 1.29 is 36.7 Å². The van der Waals surface area contributed by atoms with Crippen LogP contribution in [0.3, 0.4) is 0 Å². The Hall–Kier alpha value is -2.54. The van der Waals surface area contributed by atoms with Crippen molar-refractivity contribution in [3.63, 3.8) is 0 Å². The maximum atomic E-state index is 13.8. The second kappa shape index (κ2) is 9.58. The first-order chi connectivity index (χ1) is 17.9. The third-order valence-corrected chi connectivity index (χ3v) is 11.2. The summed E-state index contributed by atoms with van der Waals surface area (Å²) < 4.78 is 56.9. The largest absolute Gasteiger partial charge is 0.372 e. The second-order valence-corrected chi connectivity index (χ2v) is 12.1. The van der Waals surface area contributed by atoms with Gasteiger partial charge in [0.2, 0.25) is 11.6 Å². The molecule has 0 atom stereocenters. The maximum absolute atomic E-state index is 13.8. The fourth-order valence-corrected chi connectivity index (χ4v) is 9.49. The van der Waals surface area contributed by atoms with Gasteiger partial charge in [-0.2, -0.15) is 17.6 Å². The number of Topliss-reactive ketones (excluding diaryl/α,β-unsaturated/α-hetero) is 4. The predicted molar refractivity (Wildman–Crippen MR) is 146 cm³/mol. The molecule has 4 nitrogen and oxygen atoms in total. The molecule has 0 saturated carbocycles. The quantitative estimate of drug-likeness (QED) is 0.170. The average Bonchev–Trinajstić information content (AvgIpc) is 3.68. The van der Waals surface area contributed by atoms with Crippen LogP contribution >= 0.6 is 45.3 Å². The van der Waals surface area contributed by atoms with Gasteiger partial charge in [0.15, 0.2) is 0 Å². The lowest BCUT2D eigenvalue weighted by molar-refractivity contribution is 0.0187. The Morgan fingerprint density at radius 3 is 1.13 bits per heavy atom. The van der Waals surface area contributed by atoms with Crippen molar-refractivity contribution in [1.82, 2.24) is 0 Å². The molecule has 0 spiro atoms. The Bertz CT molecular complexity index is 1520. The van der Waals surface area contributed by atoms with Crippen molar-refractivity contribution in [1.29, 1.82) is 0 Å². The highest BCUT2D eigenvalue weighted by atomic mass is 32.1. The van der Waals surface area contributed by atoms with E-state index in [1.54, 1.807) is 0 Å². The first-order valence-electron chi connectivity index (χ1n) is 11.6. The molecule has 0 bridgehead atoms. The van der Waals surface area contributed by atoms with E-state index in [1.165, 1.54) is 36.5 Å². The van der Waals surface area contributed by atoms with E-state index in [2.05, 4.69) is 0 Å². The standard InChI is InChI=1S/C22H8F4O4S4.2C2H6/c1-5-11-15(19(29)21(23,24)17(11)27)33-13(5)9-3-7-8(31-9)4-10(32-7)14-6(2)12-16(34-14)20(30)22(25,26)18(12)28;2*1-2/h3-4H,1-2H3;2*1-2H3. The normalized spacial score (nSPS) is 16.8. The Morgan fingerprint density at radius 1 is 0.526 bits per heavy atom. The van der Waals surface area contributed by atoms with Crippen LogP contribution in [0.5, 0.6) is 0 Å². The van der Waals surface area contributed by atoms with Crippen LogP contribution in [-0.2, 0) is 0 Å². The highest BCUT2D eigenvalue weighted by Gasteiger charge is 2.58. The minimum Gasteiger partial charge on any atom is -0.287 e. The van der Waals surface area contributed by atoms with Crippen LogP contribution in [-0.4, -0.2) is 35.0 Å². The molecule has 4 aromatic rings. The van der Waals surface area contributed by atoms with Gasteiger partial charge in [-0.15, -0.1) is 45.3 Å². The molecule has 2 aliphatic carbocycles. The summed E-state index contributed by atoms with van der Waals surface area (Å²) in [5, 5.41) is 0. The number of carbonyl (C=O) groups excluding carboxylic acids is 4. The van der Waals surface area contributed by atoms with Crippen molar-refractivity contribution in [2.24, 2.45) is 0 Å². The topological polar surface area (TPSA) is 68.3 Å². The van der Waals surface area contributed by atoms with Crippen molar-refractivity contribution in [2.45, 2.75) is 53.4 Å². The van der Waals surface area contributed by atoms with E-state index in [0.29, 0.717) is 30.6 Å². The minimum atomic E-state index is -4.01. The molecule has 12 heteroatoms. The molecule has 2 aliphatic rings. The van der Waals surface area contributed by atoms with Crippen LogP contribution in [0.25, 0.3) is 28.9 Å². The van der Waals surface area contributed by atoms with Gasteiger partial charge in [0.1, 0.15) is 0 Å². The SMILES string of the molecule is CC.CC.Cc1c(-c2cc3sc(-c4sc5c(c4C)C(=O)C(F)(F)C5=O)cc3s2)sc2c1C(=O)C(F)(F)C2=O. The number of thiophene rings is 4. The number of fused-ring (bicyclic) bond motifs is 3. The molecular formula is C26H20F4O4S4. The Labute approximate surface area is 230 Å². The van der Waals surface area contributed by atoms with Crippen molar-refractivity contribution in [3.8, 4) is 19.5 Å². The summed E-state index contributed by atoms with van der Waals surface area (Å²) in [7, 11) is 0. The van der Waals surface area contributed by atoms with Crippen molar-refractivity contribution in [3.05, 3.63) is 44.1 Å². The highest BCUT2D eigenvalue weighted by Crippen LogP contribution is 2.51. The van der Waals surface area contributed by atoms with Crippen LogP contribution in [0.2, 0.25) is 0 Å². The third-order valence-electron chi connectivity index (χ3n) is 5.96. The molecule has 0 aromatic carbocycles. The summed E-state index contributed by atoms with van der Waals surface area (Å²) in [6, 6.07) is 3.63. The number of carbonyl (C=O) groups is 4. The van der Waals surface area contributed by atoms with E-state index in [1.807, 2.05) is 39.8 Å². The molecule has 200 valence electrons. The molecule has 0 radical (unpaired) electrons. The Balaban J connectivity index is 0.000000804. The first-order valence-corrected chi connectivity index (χ1v) is 14.9. The molecule has 0 N–H and O–H groups in total. The van der Waals surface area contributed by atoms with E-state index in [4.69, 9.17) is 0 Å². The number of hydrogen-bond acceptors (Lipinski definition) is 8. The minimum absolute atomic E-state index is 0.220. The molecule has 0 amide bonds. The molecule has 0 aliphatic heterocycles. The van der Waals surface area contributed by atoms with Gasteiger partial charge < -0.3 is 0 Å². The molecule has 38 heavy (non-hydrogen) atoms. The highest BCUT2D eigenvalue weighted by molar-refractivity contribution is 7.33. The summed E-state index contributed by atoms with van der Waals surface area (Å²) in [4.78, 5) is 50.2. The van der Waals surface area contributed by atoms with Crippen LogP contribution < -0.4 is 0 Å². The van der Waals surface area contributed by atoms with E-state index in [0.717, 1.165) is 32.1 Å². The van der Waals surface area contributed by atoms with E-state index < -0.39 is 35.0 Å². The number of rotatable bonds is 2. The Kier molecular flexibility index (Phi) is 7.18. The smallest absolute Gasteiger partial charge is 0.287 e. The van der Waals surface area contributed by atoms with E-state index in [-0.39, 0.29) is 20.9 Å². The summed E-state index contributed by atoms with van der Waals surface area (Å²) in [5.41, 5.74) is 0.242. The summed E-state index contributed by atoms with van der Waals surface area (Å²) in [6.45, 7) is 11.1. The van der Waals surface area contributed by atoms with E-state index >= 15 is 0 Å². The van der Waals surface area contributed by atoms with Crippen LogP contribution in [0.4, 0.5) is 17.6 Å². The fourth-order valence-electron chi connectivity index (χ4n) is 4.23. The van der Waals surface area contributed by atoms with Crippen molar-refractivity contribution in [2.75, 3.05) is 0 Å². The zero-order valence-corrected chi connectivity index (χ0v) is 24.2. The number of ketones is 4. The molecule has 0 fully saturated rings. The molecule has 0 saturated heterocycles. The van der Waals surface area contributed by atoms with Crippen LogP contribution in [0.1, 0.15) is 78.9 Å². The van der Waals surface area contributed by atoms with Gasteiger partial charge in [0.05, 0.1) is 9.75 Å². The number of alkyl halides is 4. The lowest BCUT2D eigenvalue weighted by Crippen LogP contribution is -2.30. The van der Waals surface area contributed by atoms with Gasteiger partial charge in [-0.25, -0.2) is 0 Å². The zero-order valence-electron chi connectivity index (χ0n) is 20.9. The molecule has 0 unspecified atom stereocenters. The van der Waals surface area contributed by atoms with Gasteiger partial charge in [-0.3, -0.25) is 19.2 Å².